The summed E-state index contributed by atoms with van der Waals surface area (Å²) in [5.41, 5.74) is 4.41. The molecule has 0 atom stereocenters. The van der Waals surface area contributed by atoms with E-state index in [4.69, 9.17) is 11.6 Å². The van der Waals surface area contributed by atoms with Crippen LogP contribution in [-0.2, 0) is 17.6 Å². The normalized spacial score (nSPS) is 10.6. The zero-order chi connectivity index (χ0) is 14.7. The molecule has 0 aliphatic heterocycles. The Morgan fingerprint density at radius 2 is 1.80 bits per heavy atom. The molecule has 0 unspecified atom stereocenters. The molecule has 0 fully saturated rings. The third-order valence-corrected chi connectivity index (χ3v) is 4.22. The molecule has 2 aromatic carbocycles. The first-order valence-electron chi connectivity index (χ1n) is 6.47. The number of halogens is 2. The molecule has 2 aromatic rings. The van der Waals surface area contributed by atoms with E-state index in [1.54, 1.807) is 0 Å². The first-order chi connectivity index (χ1) is 9.45. The third kappa shape index (κ3) is 3.94. The van der Waals surface area contributed by atoms with Gasteiger partial charge in [-0.05, 0) is 48.2 Å². The van der Waals surface area contributed by atoms with Crippen molar-refractivity contribution in [1.82, 2.24) is 0 Å². The SMILES string of the molecule is Cc1ccc(CC(=O)Cc2ccc(Br)cc2Cl)cc1C. The van der Waals surface area contributed by atoms with Crippen molar-refractivity contribution in [2.75, 3.05) is 0 Å². The van der Waals surface area contributed by atoms with Crippen LogP contribution < -0.4 is 0 Å². The molecule has 0 aliphatic carbocycles. The van der Waals surface area contributed by atoms with E-state index in [1.165, 1.54) is 11.1 Å². The van der Waals surface area contributed by atoms with Crippen LogP contribution in [0.25, 0.3) is 0 Å². The van der Waals surface area contributed by atoms with Crippen molar-refractivity contribution < 1.29 is 4.79 Å². The third-order valence-electron chi connectivity index (χ3n) is 3.38. The minimum absolute atomic E-state index is 0.178. The molecule has 0 bridgehead atoms. The van der Waals surface area contributed by atoms with Gasteiger partial charge in [0.25, 0.3) is 0 Å². The van der Waals surface area contributed by atoms with Gasteiger partial charge in [-0.1, -0.05) is 51.8 Å². The monoisotopic (exact) mass is 350 g/mol. The fourth-order valence-corrected chi connectivity index (χ4v) is 2.82. The van der Waals surface area contributed by atoms with E-state index in [0.717, 1.165) is 15.6 Å². The number of hydrogen-bond acceptors (Lipinski definition) is 1. The van der Waals surface area contributed by atoms with E-state index in [-0.39, 0.29) is 5.78 Å². The fourth-order valence-electron chi connectivity index (χ4n) is 2.08. The molecule has 104 valence electrons. The van der Waals surface area contributed by atoms with Crippen molar-refractivity contribution in [2.24, 2.45) is 0 Å². The summed E-state index contributed by atoms with van der Waals surface area (Å²) in [7, 11) is 0. The van der Waals surface area contributed by atoms with Crippen LogP contribution >= 0.6 is 27.5 Å². The van der Waals surface area contributed by atoms with Crippen molar-refractivity contribution in [3.63, 3.8) is 0 Å². The highest BCUT2D eigenvalue weighted by Gasteiger charge is 2.09. The second-order valence-corrected chi connectivity index (χ2v) is 6.37. The quantitative estimate of drug-likeness (QED) is 0.751. The summed E-state index contributed by atoms with van der Waals surface area (Å²) in [6.45, 7) is 4.14. The van der Waals surface area contributed by atoms with E-state index in [1.807, 2.05) is 24.3 Å². The molecule has 0 aliphatic rings. The van der Waals surface area contributed by atoms with Crippen LogP contribution in [0, 0.1) is 13.8 Å². The van der Waals surface area contributed by atoms with Crippen LogP contribution in [0.5, 0.6) is 0 Å². The van der Waals surface area contributed by atoms with Gasteiger partial charge in [0.1, 0.15) is 5.78 Å². The van der Waals surface area contributed by atoms with Crippen LogP contribution in [0.15, 0.2) is 40.9 Å². The summed E-state index contributed by atoms with van der Waals surface area (Å²) < 4.78 is 0.924. The second kappa shape index (κ2) is 6.55. The predicted octanol–water partition coefficient (Wildman–Crippen LogP) is 5.07. The number of Topliss-reactive ketones (excluding diaryl/α,β-unsaturated/α-hetero) is 1. The smallest absolute Gasteiger partial charge is 0.141 e. The number of rotatable bonds is 4. The summed E-state index contributed by atoms with van der Waals surface area (Å²) in [5.74, 6) is 0.178. The molecular weight excluding hydrogens is 336 g/mol. The summed E-state index contributed by atoms with van der Waals surface area (Å²) in [6.07, 6.45) is 0.826. The molecule has 0 radical (unpaired) electrons. The molecule has 0 saturated heterocycles. The Morgan fingerprint density at radius 1 is 1.05 bits per heavy atom. The minimum atomic E-state index is 0.178. The van der Waals surface area contributed by atoms with Crippen molar-refractivity contribution in [2.45, 2.75) is 26.7 Å². The van der Waals surface area contributed by atoms with Crippen LogP contribution in [0.1, 0.15) is 22.3 Å². The van der Waals surface area contributed by atoms with E-state index in [0.29, 0.717) is 17.9 Å². The average Bonchev–Trinajstić information content (AvgIpc) is 2.37. The van der Waals surface area contributed by atoms with Crippen molar-refractivity contribution >= 4 is 33.3 Å². The van der Waals surface area contributed by atoms with Crippen LogP contribution in [0.2, 0.25) is 5.02 Å². The van der Waals surface area contributed by atoms with Crippen molar-refractivity contribution in [1.29, 1.82) is 0 Å². The van der Waals surface area contributed by atoms with Crippen LogP contribution in [0.4, 0.5) is 0 Å². The largest absolute Gasteiger partial charge is 0.299 e. The Labute approximate surface area is 133 Å². The van der Waals surface area contributed by atoms with Gasteiger partial charge in [0.15, 0.2) is 0 Å². The molecular formula is C17H16BrClO. The number of hydrogen-bond donors (Lipinski definition) is 0. The summed E-state index contributed by atoms with van der Waals surface area (Å²) in [6, 6.07) is 11.8. The summed E-state index contributed by atoms with van der Waals surface area (Å²) >= 11 is 9.50. The molecule has 20 heavy (non-hydrogen) atoms. The van der Waals surface area contributed by atoms with Crippen molar-refractivity contribution in [3.8, 4) is 0 Å². The van der Waals surface area contributed by atoms with E-state index in [9.17, 15) is 4.79 Å². The molecule has 0 saturated carbocycles. The van der Waals surface area contributed by atoms with Gasteiger partial charge in [0.2, 0.25) is 0 Å². The molecule has 0 heterocycles. The molecule has 3 heteroatoms. The number of carbonyl (C=O) groups excluding carboxylic acids is 1. The van der Waals surface area contributed by atoms with Gasteiger partial charge >= 0.3 is 0 Å². The minimum Gasteiger partial charge on any atom is -0.299 e. The standard InChI is InChI=1S/C17H16BrClO/c1-11-3-4-13(7-12(11)2)8-16(20)9-14-5-6-15(18)10-17(14)19/h3-7,10H,8-9H2,1-2H3. The molecule has 0 aromatic heterocycles. The lowest BCUT2D eigenvalue weighted by Crippen LogP contribution is -2.07. The average molecular weight is 352 g/mol. The molecule has 0 amide bonds. The zero-order valence-corrected chi connectivity index (χ0v) is 13.9. The predicted molar refractivity (Wildman–Crippen MR) is 87.5 cm³/mol. The highest BCUT2D eigenvalue weighted by molar-refractivity contribution is 9.10. The van der Waals surface area contributed by atoms with E-state index in [2.05, 4.69) is 41.9 Å². The Bertz CT molecular complexity index is 649. The van der Waals surface area contributed by atoms with Gasteiger partial charge in [-0.3, -0.25) is 4.79 Å². The van der Waals surface area contributed by atoms with Crippen molar-refractivity contribution in [3.05, 3.63) is 68.1 Å². The van der Waals surface area contributed by atoms with Crippen LogP contribution in [-0.4, -0.2) is 5.78 Å². The first kappa shape index (κ1) is 15.3. The van der Waals surface area contributed by atoms with Gasteiger partial charge in [0, 0.05) is 22.3 Å². The lowest BCUT2D eigenvalue weighted by molar-refractivity contribution is -0.117. The number of benzene rings is 2. The van der Waals surface area contributed by atoms with Crippen LogP contribution in [0.3, 0.4) is 0 Å². The Morgan fingerprint density at radius 3 is 2.45 bits per heavy atom. The summed E-state index contributed by atoms with van der Waals surface area (Å²) in [5, 5.41) is 0.632. The maximum absolute atomic E-state index is 12.1. The lowest BCUT2D eigenvalue weighted by Gasteiger charge is -2.06. The van der Waals surface area contributed by atoms with E-state index < -0.39 is 0 Å². The second-order valence-electron chi connectivity index (χ2n) is 5.05. The fraction of sp³-hybridized carbons (Fsp3) is 0.235. The summed E-state index contributed by atoms with van der Waals surface area (Å²) in [4.78, 5) is 12.1. The molecule has 1 nitrogen and oxygen atoms in total. The maximum atomic E-state index is 12.1. The highest BCUT2D eigenvalue weighted by atomic mass is 79.9. The zero-order valence-electron chi connectivity index (χ0n) is 11.5. The number of ketones is 1. The number of aryl methyl sites for hydroxylation is 2. The molecule has 0 N–H and O–H groups in total. The molecule has 2 rings (SSSR count). The topological polar surface area (TPSA) is 17.1 Å². The van der Waals surface area contributed by atoms with Gasteiger partial charge in [0.05, 0.1) is 0 Å². The maximum Gasteiger partial charge on any atom is 0.141 e. The number of carbonyl (C=O) groups is 1. The highest BCUT2D eigenvalue weighted by Crippen LogP contribution is 2.22. The lowest BCUT2D eigenvalue weighted by atomic mass is 9.99. The van der Waals surface area contributed by atoms with Gasteiger partial charge in [-0.2, -0.15) is 0 Å². The van der Waals surface area contributed by atoms with Gasteiger partial charge < -0.3 is 0 Å². The van der Waals surface area contributed by atoms with Gasteiger partial charge in [-0.15, -0.1) is 0 Å². The molecule has 0 spiro atoms. The van der Waals surface area contributed by atoms with Gasteiger partial charge in [-0.25, -0.2) is 0 Å². The Kier molecular flexibility index (Phi) is 5.00. The Hall–Kier alpha value is -1.12. The first-order valence-corrected chi connectivity index (χ1v) is 7.64. The Balaban J connectivity index is 2.07. The van der Waals surface area contributed by atoms with E-state index >= 15 is 0 Å².